The molecular formula is C25H23N3O2S. The van der Waals surface area contributed by atoms with Crippen LogP contribution in [-0.4, -0.2) is 22.0 Å². The molecule has 3 N–H and O–H groups in total. The Balaban J connectivity index is 1.38. The largest absolute Gasteiger partial charge is 0.361 e. The van der Waals surface area contributed by atoms with Gasteiger partial charge in [0.15, 0.2) is 0 Å². The summed E-state index contributed by atoms with van der Waals surface area (Å²) in [6.07, 6.45) is 1.87. The van der Waals surface area contributed by atoms with Crippen molar-refractivity contribution in [1.82, 2.24) is 4.98 Å². The molecule has 1 unspecified atom stereocenters. The van der Waals surface area contributed by atoms with Gasteiger partial charge in [0.2, 0.25) is 5.91 Å². The number of rotatable bonds is 6. The van der Waals surface area contributed by atoms with E-state index in [0.29, 0.717) is 11.3 Å². The Morgan fingerprint density at radius 3 is 2.48 bits per heavy atom. The Bertz CT molecular complexity index is 1230. The van der Waals surface area contributed by atoms with E-state index in [0.717, 1.165) is 27.0 Å². The zero-order chi connectivity index (χ0) is 21.8. The maximum absolute atomic E-state index is 12.7. The highest BCUT2D eigenvalue weighted by atomic mass is 32.2. The molecule has 0 aliphatic rings. The molecule has 31 heavy (non-hydrogen) atoms. The highest BCUT2D eigenvalue weighted by Gasteiger charge is 2.15. The lowest BCUT2D eigenvalue weighted by atomic mass is 10.1. The number of thioether (sulfide) groups is 1. The number of H-pyrrole nitrogens is 1. The predicted molar refractivity (Wildman–Crippen MR) is 128 cm³/mol. The molecule has 5 nitrogen and oxygen atoms in total. The second-order valence-corrected chi connectivity index (χ2v) is 8.79. The Morgan fingerprint density at radius 1 is 0.903 bits per heavy atom. The van der Waals surface area contributed by atoms with E-state index in [9.17, 15) is 9.59 Å². The normalized spacial score (nSPS) is 11.8. The average molecular weight is 430 g/mol. The van der Waals surface area contributed by atoms with Crippen molar-refractivity contribution in [3.63, 3.8) is 0 Å². The highest BCUT2D eigenvalue weighted by Crippen LogP contribution is 2.27. The molecule has 4 rings (SSSR count). The minimum atomic E-state index is -0.303. The van der Waals surface area contributed by atoms with Gasteiger partial charge in [0.05, 0.1) is 5.25 Å². The summed E-state index contributed by atoms with van der Waals surface area (Å²) in [5.41, 5.74) is 4.15. The average Bonchev–Trinajstić information content (AvgIpc) is 3.22. The molecule has 156 valence electrons. The maximum Gasteiger partial charge on any atom is 0.255 e. The summed E-state index contributed by atoms with van der Waals surface area (Å²) < 4.78 is 0. The molecule has 0 saturated heterocycles. The van der Waals surface area contributed by atoms with Crippen molar-refractivity contribution in [3.05, 3.63) is 90.1 Å². The fraction of sp³-hybridized carbons (Fsp3) is 0.120. The molecule has 0 fully saturated rings. The number of carbonyl (C=O) groups excluding carboxylic acids is 2. The lowest BCUT2D eigenvalue weighted by Gasteiger charge is -2.13. The van der Waals surface area contributed by atoms with E-state index < -0.39 is 0 Å². The second-order valence-electron chi connectivity index (χ2n) is 7.38. The Morgan fingerprint density at radius 2 is 1.68 bits per heavy atom. The zero-order valence-corrected chi connectivity index (χ0v) is 18.1. The van der Waals surface area contributed by atoms with E-state index in [-0.39, 0.29) is 17.1 Å². The minimum Gasteiger partial charge on any atom is -0.361 e. The van der Waals surface area contributed by atoms with E-state index in [1.807, 2.05) is 80.7 Å². The molecule has 6 heteroatoms. The van der Waals surface area contributed by atoms with Gasteiger partial charge in [-0.2, -0.15) is 0 Å². The van der Waals surface area contributed by atoms with Gasteiger partial charge < -0.3 is 15.6 Å². The van der Waals surface area contributed by atoms with Crippen LogP contribution in [0.5, 0.6) is 0 Å². The van der Waals surface area contributed by atoms with Crippen molar-refractivity contribution in [3.8, 4) is 0 Å². The van der Waals surface area contributed by atoms with Crippen LogP contribution in [0.3, 0.4) is 0 Å². The topological polar surface area (TPSA) is 74.0 Å². The van der Waals surface area contributed by atoms with Crippen molar-refractivity contribution in [2.75, 3.05) is 10.6 Å². The van der Waals surface area contributed by atoms with E-state index >= 15 is 0 Å². The maximum atomic E-state index is 12.7. The van der Waals surface area contributed by atoms with Gasteiger partial charge in [-0.15, -0.1) is 11.8 Å². The quantitative estimate of drug-likeness (QED) is 0.337. The molecule has 4 aromatic rings. The molecule has 0 bridgehead atoms. The van der Waals surface area contributed by atoms with Crippen LogP contribution >= 0.6 is 11.8 Å². The number of carbonyl (C=O) groups is 2. The Kier molecular flexibility index (Phi) is 6.09. The first-order valence-corrected chi connectivity index (χ1v) is 10.9. The third kappa shape index (κ3) is 5.16. The van der Waals surface area contributed by atoms with Gasteiger partial charge in [-0.05, 0) is 67.8 Å². The Hall–Kier alpha value is -3.51. The molecule has 1 heterocycles. The molecule has 3 aromatic carbocycles. The first-order valence-electron chi connectivity index (χ1n) is 10.0. The molecule has 0 radical (unpaired) electrons. The number of aromatic amines is 1. The number of hydrogen-bond acceptors (Lipinski definition) is 3. The van der Waals surface area contributed by atoms with E-state index in [1.54, 1.807) is 12.1 Å². The first kappa shape index (κ1) is 20.8. The molecule has 2 amide bonds. The highest BCUT2D eigenvalue weighted by molar-refractivity contribution is 8.00. The molecule has 1 atom stereocenters. The first-order chi connectivity index (χ1) is 15.0. The van der Waals surface area contributed by atoms with Gasteiger partial charge in [-0.3, -0.25) is 9.59 Å². The van der Waals surface area contributed by atoms with Crippen LogP contribution in [-0.2, 0) is 4.79 Å². The van der Waals surface area contributed by atoms with Crippen LogP contribution < -0.4 is 10.6 Å². The van der Waals surface area contributed by atoms with Crippen LogP contribution in [0, 0.1) is 6.92 Å². The number of aromatic nitrogens is 1. The van der Waals surface area contributed by atoms with Crippen molar-refractivity contribution in [2.24, 2.45) is 0 Å². The van der Waals surface area contributed by atoms with Crippen LogP contribution in [0.2, 0.25) is 0 Å². The Labute approximate surface area is 185 Å². The van der Waals surface area contributed by atoms with Crippen molar-refractivity contribution in [1.29, 1.82) is 0 Å². The van der Waals surface area contributed by atoms with Gasteiger partial charge in [0.1, 0.15) is 0 Å². The monoisotopic (exact) mass is 429 g/mol. The van der Waals surface area contributed by atoms with E-state index in [1.165, 1.54) is 11.8 Å². The van der Waals surface area contributed by atoms with Crippen LogP contribution in [0.4, 0.5) is 11.4 Å². The fourth-order valence-corrected chi connectivity index (χ4v) is 4.11. The summed E-state index contributed by atoms with van der Waals surface area (Å²) in [5, 5.41) is 6.68. The van der Waals surface area contributed by atoms with E-state index in [2.05, 4.69) is 15.6 Å². The summed E-state index contributed by atoms with van der Waals surface area (Å²) in [4.78, 5) is 29.2. The molecular weight excluding hydrogens is 406 g/mol. The van der Waals surface area contributed by atoms with Crippen molar-refractivity contribution < 1.29 is 9.59 Å². The van der Waals surface area contributed by atoms with Gasteiger partial charge in [0.25, 0.3) is 5.91 Å². The summed E-state index contributed by atoms with van der Waals surface area (Å²) in [6.45, 7) is 3.85. The summed E-state index contributed by atoms with van der Waals surface area (Å²) >= 11 is 1.44. The zero-order valence-electron chi connectivity index (χ0n) is 17.3. The smallest absolute Gasteiger partial charge is 0.255 e. The number of anilines is 2. The SMILES string of the molecule is Cc1ccc(C(=O)Nc2cccc(SC(C)C(=O)Nc3ccc4cc[nH]c4c3)c2)cc1. The van der Waals surface area contributed by atoms with Crippen molar-refractivity contribution in [2.45, 2.75) is 24.0 Å². The molecule has 0 spiro atoms. The lowest BCUT2D eigenvalue weighted by molar-refractivity contribution is -0.115. The number of fused-ring (bicyclic) bond motifs is 1. The molecule has 0 aliphatic heterocycles. The fourth-order valence-electron chi connectivity index (χ4n) is 3.18. The number of benzene rings is 3. The number of nitrogens with one attached hydrogen (secondary N) is 3. The van der Waals surface area contributed by atoms with Gasteiger partial charge in [0, 0.05) is 33.5 Å². The summed E-state index contributed by atoms with van der Waals surface area (Å²) in [5.74, 6) is -0.238. The number of aryl methyl sites for hydroxylation is 1. The van der Waals surface area contributed by atoms with Gasteiger partial charge in [-0.1, -0.05) is 29.8 Å². The van der Waals surface area contributed by atoms with Crippen LogP contribution in [0.1, 0.15) is 22.8 Å². The standard InChI is InChI=1S/C25H23N3O2S/c1-16-6-8-19(9-7-16)25(30)28-20-4-3-5-22(14-20)31-17(2)24(29)27-21-11-10-18-12-13-26-23(18)15-21/h3-15,17,26H,1-2H3,(H,27,29)(H,28,30). The summed E-state index contributed by atoms with van der Waals surface area (Å²) in [7, 11) is 0. The van der Waals surface area contributed by atoms with Gasteiger partial charge >= 0.3 is 0 Å². The van der Waals surface area contributed by atoms with Crippen LogP contribution in [0.15, 0.2) is 83.9 Å². The minimum absolute atomic E-state index is 0.0787. The van der Waals surface area contributed by atoms with E-state index in [4.69, 9.17) is 0 Å². The van der Waals surface area contributed by atoms with Crippen LogP contribution in [0.25, 0.3) is 10.9 Å². The predicted octanol–water partition coefficient (Wildman–Crippen LogP) is 5.85. The molecule has 1 aromatic heterocycles. The number of amides is 2. The lowest BCUT2D eigenvalue weighted by Crippen LogP contribution is -2.22. The molecule has 0 saturated carbocycles. The van der Waals surface area contributed by atoms with Crippen molar-refractivity contribution >= 4 is 45.9 Å². The third-order valence-corrected chi connectivity index (χ3v) is 6.00. The number of hydrogen-bond donors (Lipinski definition) is 3. The third-order valence-electron chi connectivity index (χ3n) is 4.91. The van der Waals surface area contributed by atoms with Gasteiger partial charge in [-0.25, -0.2) is 0 Å². The summed E-state index contributed by atoms with van der Waals surface area (Å²) in [6, 6.07) is 22.7. The molecule has 0 aliphatic carbocycles. The second kappa shape index (κ2) is 9.10.